The highest BCUT2D eigenvalue weighted by Gasteiger charge is 2.19. The Bertz CT molecular complexity index is 576. The number of aromatic nitrogens is 3. The van der Waals surface area contributed by atoms with Crippen LogP contribution in [0.4, 0.5) is 5.82 Å². The summed E-state index contributed by atoms with van der Waals surface area (Å²) in [5, 5.41) is 6.35. The molecular formula is C13H16N4S. The van der Waals surface area contributed by atoms with E-state index >= 15 is 0 Å². The van der Waals surface area contributed by atoms with Crippen LogP contribution in [0.25, 0.3) is 0 Å². The van der Waals surface area contributed by atoms with E-state index in [1.807, 2.05) is 14.0 Å². The average molecular weight is 260 g/mol. The van der Waals surface area contributed by atoms with Gasteiger partial charge in [0.05, 0.1) is 6.42 Å². The number of nitrogens with zero attached hydrogens (tertiary/aromatic N) is 3. The molecule has 0 atom stereocenters. The van der Waals surface area contributed by atoms with E-state index in [0.717, 1.165) is 41.6 Å². The Balaban J connectivity index is 1.93. The molecule has 1 aliphatic carbocycles. The lowest BCUT2D eigenvalue weighted by Crippen LogP contribution is -2.06. The van der Waals surface area contributed by atoms with Gasteiger partial charge in [-0.2, -0.15) is 0 Å². The molecule has 0 unspecified atom stereocenters. The molecule has 2 aromatic rings. The number of thiazole rings is 1. The first kappa shape index (κ1) is 11.6. The summed E-state index contributed by atoms with van der Waals surface area (Å²) in [7, 11) is 1.93. The summed E-state index contributed by atoms with van der Waals surface area (Å²) in [5.74, 6) is 1.88. The number of hydrogen-bond acceptors (Lipinski definition) is 5. The van der Waals surface area contributed by atoms with Crippen LogP contribution in [0.2, 0.25) is 0 Å². The highest BCUT2D eigenvalue weighted by Crippen LogP contribution is 2.26. The quantitative estimate of drug-likeness (QED) is 0.920. The van der Waals surface area contributed by atoms with Crippen LogP contribution in [0.5, 0.6) is 0 Å². The second-order valence-corrected chi connectivity index (χ2v) is 5.52. The monoisotopic (exact) mass is 260 g/mol. The SMILES string of the molecule is CNc1nc(Cc2nc(C)cs2)nc2c1CCC2. The van der Waals surface area contributed by atoms with Crippen LogP contribution in [-0.4, -0.2) is 22.0 Å². The number of nitrogens with one attached hydrogen (secondary N) is 1. The third kappa shape index (κ3) is 2.10. The molecule has 2 heterocycles. The largest absolute Gasteiger partial charge is 0.373 e. The molecule has 18 heavy (non-hydrogen) atoms. The fraction of sp³-hybridized carbons (Fsp3) is 0.462. The minimum Gasteiger partial charge on any atom is -0.373 e. The Kier molecular flexibility index (Phi) is 2.99. The third-order valence-corrected chi connectivity index (χ3v) is 4.16. The molecule has 0 radical (unpaired) electrons. The van der Waals surface area contributed by atoms with Crippen LogP contribution >= 0.6 is 11.3 Å². The molecule has 0 aliphatic heterocycles. The van der Waals surface area contributed by atoms with Gasteiger partial charge in [-0.1, -0.05) is 0 Å². The Morgan fingerprint density at radius 2 is 2.17 bits per heavy atom. The number of hydrogen-bond donors (Lipinski definition) is 1. The lowest BCUT2D eigenvalue weighted by atomic mass is 10.2. The van der Waals surface area contributed by atoms with Gasteiger partial charge in [0.1, 0.15) is 16.6 Å². The Labute approximate surface area is 111 Å². The first-order valence-electron chi connectivity index (χ1n) is 6.23. The van der Waals surface area contributed by atoms with E-state index in [-0.39, 0.29) is 0 Å². The van der Waals surface area contributed by atoms with Crippen LogP contribution < -0.4 is 5.32 Å². The van der Waals surface area contributed by atoms with Gasteiger partial charge in [-0.3, -0.25) is 0 Å². The topological polar surface area (TPSA) is 50.7 Å². The number of fused-ring (bicyclic) bond motifs is 1. The van der Waals surface area contributed by atoms with Crippen molar-refractivity contribution in [3.63, 3.8) is 0 Å². The Morgan fingerprint density at radius 1 is 1.28 bits per heavy atom. The van der Waals surface area contributed by atoms with Crippen molar-refractivity contribution >= 4 is 17.2 Å². The molecule has 0 bridgehead atoms. The maximum atomic E-state index is 4.68. The van der Waals surface area contributed by atoms with E-state index < -0.39 is 0 Å². The first-order valence-corrected chi connectivity index (χ1v) is 7.11. The molecule has 5 heteroatoms. The van der Waals surface area contributed by atoms with Gasteiger partial charge in [0.15, 0.2) is 0 Å². The van der Waals surface area contributed by atoms with Crippen molar-refractivity contribution < 1.29 is 0 Å². The molecule has 2 aromatic heterocycles. The standard InChI is InChI=1S/C13H16N4S/c1-8-7-18-12(15-8)6-11-16-10-5-3-4-9(10)13(14-2)17-11/h7H,3-6H2,1-2H3,(H,14,16,17). The lowest BCUT2D eigenvalue weighted by Gasteiger charge is -2.08. The van der Waals surface area contributed by atoms with Gasteiger partial charge in [-0.05, 0) is 26.2 Å². The summed E-state index contributed by atoms with van der Waals surface area (Å²) in [6.07, 6.45) is 4.11. The van der Waals surface area contributed by atoms with Gasteiger partial charge in [-0.25, -0.2) is 15.0 Å². The second kappa shape index (κ2) is 4.65. The predicted molar refractivity (Wildman–Crippen MR) is 73.3 cm³/mol. The second-order valence-electron chi connectivity index (χ2n) is 4.58. The number of aryl methyl sites for hydroxylation is 2. The van der Waals surface area contributed by atoms with Gasteiger partial charge >= 0.3 is 0 Å². The van der Waals surface area contributed by atoms with Crippen molar-refractivity contribution in [2.75, 3.05) is 12.4 Å². The van der Waals surface area contributed by atoms with Gasteiger partial charge in [-0.15, -0.1) is 11.3 Å². The maximum absolute atomic E-state index is 4.68. The molecule has 1 N–H and O–H groups in total. The highest BCUT2D eigenvalue weighted by atomic mass is 32.1. The first-order chi connectivity index (χ1) is 8.76. The summed E-state index contributed by atoms with van der Waals surface area (Å²) >= 11 is 1.68. The number of rotatable bonds is 3. The molecule has 0 spiro atoms. The molecule has 0 aromatic carbocycles. The summed E-state index contributed by atoms with van der Waals surface area (Å²) in [4.78, 5) is 13.8. The predicted octanol–water partition coefficient (Wildman–Crippen LogP) is 2.36. The Morgan fingerprint density at radius 3 is 2.89 bits per heavy atom. The average Bonchev–Trinajstić information content (AvgIpc) is 2.97. The molecule has 0 amide bonds. The molecule has 0 fully saturated rings. The molecule has 0 saturated carbocycles. The van der Waals surface area contributed by atoms with E-state index in [0.29, 0.717) is 0 Å². The zero-order valence-corrected chi connectivity index (χ0v) is 11.5. The molecule has 3 rings (SSSR count). The van der Waals surface area contributed by atoms with Gasteiger partial charge in [0, 0.05) is 29.4 Å². The molecule has 94 valence electrons. The van der Waals surface area contributed by atoms with Crippen LogP contribution in [0.1, 0.15) is 34.2 Å². The van der Waals surface area contributed by atoms with Crippen molar-refractivity contribution in [3.05, 3.63) is 33.2 Å². The van der Waals surface area contributed by atoms with Crippen molar-refractivity contribution in [3.8, 4) is 0 Å². The fourth-order valence-corrected chi connectivity index (χ4v) is 3.16. The van der Waals surface area contributed by atoms with Crippen LogP contribution in [-0.2, 0) is 19.3 Å². The summed E-state index contributed by atoms with van der Waals surface area (Å²) in [5.41, 5.74) is 3.60. The molecule has 0 saturated heterocycles. The van der Waals surface area contributed by atoms with E-state index in [2.05, 4.69) is 25.6 Å². The minimum absolute atomic E-state index is 0.737. The van der Waals surface area contributed by atoms with Gasteiger partial charge < -0.3 is 5.32 Å². The molecule has 4 nitrogen and oxygen atoms in total. The zero-order valence-electron chi connectivity index (χ0n) is 10.7. The van der Waals surface area contributed by atoms with Crippen LogP contribution in [0.3, 0.4) is 0 Å². The van der Waals surface area contributed by atoms with E-state index in [1.54, 1.807) is 11.3 Å². The summed E-state index contributed by atoms with van der Waals surface area (Å²) < 4.78 is 0. The summed E-state index contributed by atoms with van der Waals surface area (Å²) in [6, 6.07) is 0. The summed E-state index contributed by atoms with van der Waals surface area (Å²) in [6.45, 7) is 2.02. The van der Waals surface area contributed by atoms with Crippen molar-refractivity contribution in [1.29, 1.82) is 0 Å². The van der Waals surface area contributed by atoms with Gasteiger partial charge in [0.2, 0.25) is 0 Å². The third-order valence-electron chi connectivity index (χ3n) is 3.19. The lowest BCUT2D eigenvalue weighted by molar-refractivity contribution is 0.883. The fourth-order valence-electron chi connectivity index (χ4n) is 2.39. The van der Waals surface area contributed by atoms with Crippen molar-refractivity contribution in [2.45, 2.75) is 32.6 Å². The van der Waals surface area contributed by atoms with E-state index in [4.69, 9.17) is 0 Å². The smallest absolute Gasteiger partial charge is 0.137 e. The Hall–Kier alpha value is -1.49. The molecule has 1 aliphatic rings. The zero-order chi connectivity index (χ0) is 12.5. The maximum Gasteiger partial charge on any atom is 0.137 e. The van der Waals surface area contributed by atoms with Crippen molar-refractivity contribution in [1.82, 2.24) is 15.0 Å². The molecular weight excluding hydrogens is 244 g/mol. The van der Waals surface area contributed by atoms with Crippen molar-refractivity contribution in [2.24, 2.45) is 0 Å². The van der Waals surface area contributed by atoms with Crippen LogP contribution in [0, 0.1) is 6.92 Å². The minimum atomic E-state index is 0.737. The normalized spacial score (nSPS) is 13.7. The van der Waals surface area contributed by atoms with E-state index in [1.165, 1.54) is 17.7 Å². The number of anilines is 1. The van der Waals surface area contributed by atoms with Crippen LogP contribution in [0.15, 0.2) is 5.38 Å². The van der Waals surface area contributed by atoms with E-state index in [9.17, 15) is 0 Å². The highest BCUT2D eigenvalue weighted by molar-refractivity contribution is 7.09. The van der Waals surface area contributed by atoms with Gasteiger partial charge in [0.25, 0.3) is 0 Å².